The first kappa shape index (κ1) is 16.7. The van der Waals surface area contributed by atoms with Crippen LogP contribution in [0.4, 0.5) is 5.82 Å². The number of rotatable bonds is 5. The number of benzene rings is 1. The average molecular weight is 363 g/mol. The summed E-state index contributed by atoms with van der Waals surface area (Å²) in [6, 6.07) is 10.4. The number of pyridine rings is 1. The summed E-state index contributed by atoms with van der Waals surface area (Å²) in [6.07, 6.45) is 7.61. The van der Waals surface area contributed by atoms with Gasteiger partial charge in [-0.1, -0.05) is 6.07 Å². The van der Waals surface area contributed by atoms with Gasteiger partial charge < -0.3 is 15.6 Å². The zero-order valence-corrected chi connectivity index (χ0v) is 15.5. The van der Waals surface area contributed by atoms with E-state index >= 15 is 0 Å². The number of allylic oxidation sites excluding steroid dienone is 1. The summed E-state index contributed by atoms with van der Waals surface area (Å²) in [5, 5.41) is 11.5. The maximum absolute atomic E-state index is 7.58. The molecule has 0 atom stereocenters. The first-order chi connectivity index (χ1) is 12.8. The second-order valence-electron chi connectivity index (χ2n) is 6.33. The zero-order chi connectivity index (χ0) is 17.9. The van der Waals surface area contributed by atoms with Crippen LogP contribution in [0.5, 0.6) is 0 Å². The van der Waals surface area contributed by atoms with Crippen molar-refractivity contribution < 1.29 is 0 Å². The fraction of sp³-hybridized carbons (Fsp3) is 0.250. The molecule has 132 valence electrons. The van der Waals surface area contributed by atoms with Gasteiger partial charge in [-0.25, -0.2) is 9.97 Å². The summed E-state index contributed by atoms with van der Waals surface area (Å²) in [4.78, 5) is 11.8. The van der Waals surface area contributed by atoms with Gasteiger partial charge in [-0.2, -0.15) is 0 Å². The number of anilines is 1. The lowest BCUT2D eigenvalue weighted by molar-refractivity contribution is 0.938. The molecule has 1 fully saturated rings. The number of fused-ring (bicyclic) bond motifs is 1. The normalized spacial score (nSPS) is 14.8. The molecule has 26 heavy (non-hydrogen) atoms. The highest BCUT2D eigenvalue weighted by molar-refractivity contribution is 7.21. The van der Waals surface area contributed by atoms with Gasteiger partial charge in [-0.15, -0.1) is 11.3 Å². The number of nitrogens with zero attached hydrogens (tertiary/aromatic N) is 3. The summed E-state index contributed by atoms with van der Waals surface area (Å²) in [7, 11) is 1.84. The maximum atomic E-state index is 7.58. The van der Waals surface area contributed by atoms with Crippen LogP contribution in [-0.2, 0) is 0 Å². The van der Waals surface area contributed by atoms with Crippen LogP contribution in [0.15, 0.2) is 42.7 Å². The smallest absolute Gasteiger partial charge is 0.128 e. The van der Waals surface area contributed by atoms with Crippen LogP contribution in [0.25, 0.3) is 26.4 Å². The van der Waals surface area contributed by atoms with E-state index in [1.807, 2.05) is 31.6 Å². The lowest BCUT2D eigenvalue weighted by Crippen LogP contribution is -2.18. The van der Waals surface area contributed by atoms with Gasteiger partial charge in [0.05, 0.1) is 10.2 Å². The Balaban J connectivity index is 1.64. The van der Waals surface area contributed by atoms with E-state index in [-0.39, 0.29) is 0 Å². The van der Waals surface area contributed by atoms with Crippen LogP contribution in [-0.4, -0.2) is 36.3 Å². The quantitative estimate of drug-likeness (QED) is 0.668. The molecule has 0 amide bonds. The summed E-state index contributed by atoms with van der Waals surface area (Å²) in [6.45, 7) is 2.21. The van der Waals surface area contributed by atoms with Crippen LogP contribution < -0.4 is 10.2 Å². The van der Waals surface area contributed by atoms with E-state index in [1.54, 1.807) is 11.3 Å². The standard InChI is InChI=1S/C20H21N5S/c1-22-12-16(11-21)14-4-6-18-17(10-14)24-20(26-18)15-5-7-19(23-13-15)25-8-2-3-9-25/h4-7,10-13,21-22H,2-3,8-9H2,1H3/b16-12+,21-11?. The van der Waals surface area contributed by atoms with Crippen LogP contribution >= 0.6 is 11.3 Å². The maximum Gasteiger partial charge on any atom is 0.128 e. The highest BCUT2D eigenvalue weighted by Crippen LogP contribution is 2.32. The number of hydrogen-bond acceptors (Lipinski definition) is 6. The largest absolute Gasteiger partial charge is 0.393 e. The molecule has 1 aliphatic rings. The third-order valence-corrected chi connectivity index (χ3v) is 5.69. The molecule has 3 aromatic rings. The highest BCUT2D eigenvalue weighted by atomic mass is 32.1. The Morgan fingerprint density at radius 1 is 1.23 bits per heavy atom. The van der Waals surface area contributed by atoms with Crippen LogP contribution in [0, 0.1) is 5.41 Å². The lowest BCUT2D eigenvalue weighted by Gasteiger charge is -2.15. The molecule has 2 N–H and O–H groups in total. The first-order valence-corrected chi connectivity index (χ1v) is 9.60. The molecule has 0 radical (unpaired) electrons. The Kier molecular flexibility index (Phi) is 4.67. The van der Waals surface area contributed by atoms with E-state index < -0.39 is 0 Å². The fourth-order valence-corrected chi connectivity index (χ4v) is 4.18. The second kappa shape index (κ2) is 7.25. The van der Waals surface area contributed by atoms with Crippen molar-refractivity contribution >= 4 is 39.2 Å². The lowest BCUT2D eigenvalue weighted by atomic mass is 10.1. The Bertz CT molecular complexity index is 952. The van der Waals surface area contributed by atoms with E-state index in [9.17, 15) is 0 Å². The van der Waals surface area contributed by atoms with Crippen molar-refractivity contribution in [3.05, 3.63) is 48.3 Å². The number of thiazole rings is 1. The molecule has 0 unspecified atom stereocenters. The molecule has 1 saturated heterocycles. The molecular formula is C20H21N5S. The third kappa shape index (κ3) is 3.20. The topological polar surface area (TPSA) is 64.9 Å². The van der Waals surface area contributed by atoms with Crippen molar-refractivity contribution in [1.29, 1.82) is 5.41 Å². The Morgan fingerprint density at radius 3 is 2.77 bits per heavy atom. The fourth-order valence-electron chi connectivity index (χ4n) is 3.24. The van der Waals surface area contributed by atoms with Gasteiger partial charge in [0, 0.05) is 49.9 Å². The molecule has 1 aromatic carbocycles. The van der Waals surface area contributed by atoms with Crippen molar-refractivity contribution in [2.45, 2.75) is 12.8 Å². The third-order valence-electron chi connectivity index (χ3n) is 4.60. The number of aromatic nitrogens is 2. The van der Waals surface area contributed by atoms with Gasteiger partial charge in [-0.05, 0) is 42.7 Å². The molecule has 0 spiro atoms. The van der Waals surface area contributed by atoms with Crippen LogP contribution in [0.3, 0.4) is 0 Å². The molecule has 0 aliphatic carbocycles. The molecule has 3 heterocycles. The number of nitrogens with one attached hydrogen (secondary N) is 2. The second-order valence-corrected chi connectivity index (χ2v) is 7.36. The predicted molar refractivity (Wildman–Crippen MR) is 110 cm³/mol. The zero-order valence-electron chi connectivity index (χ0n) is 14.7. The average Bonchev–Trinajstić information content (AvgIpc) is 3.35. The molecule has 4 rings (SSSR count). The number of hydrogen-bond donors (Lipinski definition) is 2. The Hall–Kier alpha value is -2.73. The summed E-state index contributed by atoms with van der Waals surface area (Å²) in [5.41, 5.74) is 3.82. The Morgan fingerprint density at radius 2 is 2.08 bits per heavy atom. The minimum absolute atomic E-state index is 0.834. The van der Waals surface area contributed by atoms with Gasteiger partial charge >= 0.3 is 0 Å². The molecule has 6 heteroatoms. The SMILES string of the molecule is CN/C=C(\C=N)c1ccc2sc(-c3ccc(N4CCCC4)nc3)nc2c1. The van der Waals surface area contributed by atoms with Crippen molar-refractivity contribution in [1.82, 2.24) is 15.3 Å². The molecule has 0 bridgehead atoms. The summed E-state index contributed by atoms with van der Waals surface area (Å²) in [5.74, 6) is 1.06. The van der Waals surface area contributed by atoms with Crippen molar-refractivity contribution in [3.8, 4) is 10.6 Å². The van der Waals surface area contributed by atoms with Gasteiger partial charge in [0.15, 0.2) is 0 Å². The molecule has 1 aliphatic heterocycles. The van der Waals surface area contributed by atoms with Crippen LogP contribution in [0.1, 0.15) is 18.4 Å². The monoisotopic (exact) mass is 363 g/mol. The molecule has 0 saturated carbocycles. The van der Waals surface area contributed by atoms with E-state index in [4.69, 9.17) is 10.4 Å². The van der Waals surface area contributed by atoms with Crippen molar-refractivity contribution in [2.75, 3.05) is 25.0 Å². The Labute approximate surface area is 156 Å². The van der Waals surface area contributed by atoms with Crippen LogP contribution in [0.2, 0.25) is 0 Å². The van der Waals surface area contributed by atoms with Gasteiger partial charge in [0.2, 0.25) is 0 Å². The molecule has 5 nitrogen and oxygen atoms in total. The molecule has 2 aromatic heterocycles. The highest BCUT2D eigenvalue weighted by Gasteiger charge is 2.14. The van der Waals surface area contributed by atoms with Crippen molar-refractivity contribution in [2.24, 2.45) is 0 Å². The van der Waals surface area contributed by atoms with E-state index in [0.717, 1.165) is 50.8 Å². The molecular weight excluding hydrogens is 342 g/mol. The first-order valence-electron chi connectivity index (χ1n) is 8.79. The van der Waals surface area contributed by atoms with Crippen molar-refractivity contribution in [3.63, 3.8) is 0 Å². The summed E-state index contributed by atoms with van der Waals surface area (Å²) >= 11 is 1.67. The van der Waals surface area contributed by atoms with Gasteiger partial charge in [0.25, 0.3) is 0 Å². The van der Waals surface area contributed by atoms with Gasteiger partial charge in [-0.3, -0.25) is 0 Å². The van der Waals surface area contributed by atoms with Gasteiger partial charge in [0.1, 0.15) is 10.8 Å². The minimum Gasteiger partial charge on any atom is -0.393 e. The van der Waals surface area contributed by atoms with E-state index in [1.165, 1.54) is 19.1 Å². The summed E-state index contributed by atoms with van der Waals surface area (Å²) < 4.78 is 1.14. The minimum atomic E-state index is 0.834. The van der Waals surface area contributed by atoms with E-state index in [2.05, 4.69) is 33.4 Å². The predicted octanol–water partition coefficient (Wildman–Crippen LogP) is 4.17. The van der Waals surface area contributed by atoms with E-state index in [0.29, 0.717) is 0 Å².